The van der Waals surface area contributed by atoms with Gasteiger partial charge in [-0.2, -0.15) is 5.10 Å². The highest BCUT2D eigenvalue weighted by atomic mass is 19.1. The van der Waals surface area contributed by atoms with Crippen molar-refractivity contribution in [2.24, 2.45) is 0 Å². The molecule has 1 aromatic heterocycles. The maximum atomic E-state index is 12.9. The molecule has 2 aromatic rings. The van der Waals surface area contributed by atoms with Crippen LogP contribution in [0.15, 0.2) is 30.6 Å². The number of halogens is 1. The molecule has 4 heteroatoms. The highest BCUT2D eigenvalue weighted by Gasteiger charge is 2.07. The first-order valence-corrected chi connectivity index (χ1v) is 6.22. The summed E-state index contributed by atoms with van der Waals surface area (Å²) in [5, 5.41) is 13.9. The first-order chi connectivity index (χ1) is 8.70. The van der Waals surface area contributed by atoms with E-state index in [4.69, 9.17) is 0 Å². The average molecular weight is 248 g/mol. The highest BCUT2D eigenvalue weighted by Crippen LogP contribution is 2.29. The molecule has 1 aromatic carbocycles. The van der Waals surface area contributed by atoms with Crippen LogP contribution in [-0.2, 0) is 6.54 Å². The average Bonchev–Trinajstić information content (AvgIpc) is 2.78. The fourth-order valence-corrected chi connectivity index (χ4v) is 1.90. The number of unbranched alkanes of at least 4 members (excludes halogenated alkanes) is 2. The molecule has 0 bridgehead atoms. The Morgan fingerprint density at radius 3 is 2.89 bits per heavy atom. The van der Waals surface area contributed by atoms with E-state index in [1.165, 1.54) is 18.9 Å². The Morgan fingerprint density at radius 2 is 2.17 bits per heavy atom. The second kappa shape index (κ2) is 5.67. The molecule has 96 valence electrons. The third kappa shape index (κ3) is 2.88. The summed E-state index contributed by atoms with van der Waals surface area (Å²) in [5.41, 5.74) is 1.42. The van der Waals surface area contributed by atoms with Gasteiger partial charge in [0.15, 0.2) is 0 Å². The first kappa shape index (κ1) is 12.6. The van der Waals surface area contributed by atoms with E-state index in [1.54, 1.807) is 12.3 Å². The predicted octanol–water partition coefficient (Wildman–Crippen LogP) is 3.59. The second-order valence-electron chi connectivity index (χ2n) is 4.36. The van der Waals surface area contributed by atoms with Crippen LogP contribution in [0.3, 0.4) is 0 Å². The van der Waals surface area contributed by atoms with E-state index < -0.39 is 5.82 Å². The van der Waals surface area contributed by atoms with E-state index in [0.29, 0.717) is 5.56 Å². The minimum atomic E-state index is -0.438. The lowest BCUT2D eigenvalue weighted by molar-refractivity contribution is 0.471. The van der Waals surface area contributed by atoms with Gasteiger partial charge in [0, 0.05) is 29.9 Å². The number of phenolic OH excluding ortho intramolecular Hbond substituents is 1. The quantitative estimate of drug-likeness (QED) is 0.821. The van der Waals surface area contributed by atoms with E-state index in [-0.39, 0.29) is 5.75 Å². The Balaban J connectivity index is 2.13. The number of hydrogen-bond acceptors (Lipinski definition) is 2. The van der Waals surface area contributed by atoms with Crippen LogP contribution in [0.25, 0.3) is 11.1 Å². The molecule has 0 spiro atoms. The minimum Gasteiger partial charge on any atom is -0.507 e. The van der Waals surface area contributed by atoms with Crippen LogP contribution < -0.4 is 0 Å². The number of aromatic nitrogens is 2. The SMILES string of the molecule is CCCCCn1cc(-c2ccc(F)cc2O)cn1. The fraction of sp³-hybridized carbons (Fsp3) is 0.357. The van der Waals surface area contributed by atoms with Gasteiger partial charge in [0.1, 0.15) is 11.6 Å². The molecule has 18 heavy (non-hydrogen) atoms. The summed E-state index contributed by atoms with van der Waals surface area (Å²) >= 11 is 0. The van der Waals surface area contributed by atoms with Crippen LogP contribution in [0.5, 0.6) is 5.75 Å². The van der Waals surface area contributed by atoms with Gasteiger partial charge in [-0.1, -0.05) is 19.8 Å². The molecule has 0 aliphatic heterocycles. The molecular weight excluding hydrogens is 231 g/mol. The van der Waals surface area contributed by atoms with Crippen LogP contribution in [0.4, 0.5) is 4.39 Å². The molecule has 0 saturated heterocycles. The summed E-state index contributed by atoms with van der Waals surface area (Å²) in [5.74, 6) is -0.491. The summed E-state index contributed by atoms with van der Waals surface area (Å²) in [7, 11) is 0. The van der Waals surface area contributed by atoms with Gasteiger partial charge in [0.05, 0.1) is 6.20 Å². The molecule has 0 aliphatic rings. The van der Waals surface area contributed by atoms with E-state index in [2.05, 4.69) is 12.0 Å². The van der Waals surface area contributed by atoms with Crippen LogP contribution in [0.1, 0.15) is 26.2 Å². The summed E-state index contributed by atoms with van der Waals surface area (Å²) in [4.78, 5) is 0. The van der Waals surface area contributed by atoms with E-state index in [9.17, 15) is 9.50 Å². The zero-order valence-electron chi connectivity index (χ0n) is 10.4. The number of aromatic hydroxyl groups is 1. The maximum Gasteiger partial charge on any atom is 0.126 e. The van der Waals surface area contributed by atoms with Gasteiger partial charge >= 0.3 is 0 Å². The van der Waals surface area contributed by atoms with Crippen molar-refractivity contribution in [3.8, 4) is 16.9 Å². The zero-order chi connectivity index (χ0) is 13.0. The van der Waals surface area contributed by atoms with Crippen LogP contribution >= 0.6 is 0 Å². The van der Waals surface area contributed by atoms with Crippen molar-refractivity contribution in [3.05, 3.63) is 36.4 Å². The maximum absolute atomic E-state index is 12.9. The Morgan fingerprint density at radius 1 is 1.33 bits per heavy atom. The molecule has 0 saturated carbocycles. The fourth-order valence-electron chi connectivity index (χ4n) is 1.90. The van der Waals surface area contributed by atoms with Crippen molar-refractivity contribution in [1.29, 1.82) is 0 Å². The first-order valence-electron chi connectivity index (χ1n) is 6.22. The van der Waals surface area contributed by atoms with Crippen molar-refractivity contribution in [2.75, 3.05) is 0 Å². The van der Waals surface area contributed by atoms with Crippen LogP contribution in [0.2, 0.25) is 0 Å². The van der Waals surface area contributed by atoms with Crippen molar-refractivity contribution >= 4 is 0 Å². The molecule has 0 unspecified atom stereocenters. The normalized spacial score (nSPS) is 10.8. The number of hydrogen-bond donors (Lipinski definition) is 1. The van der Waals surface area contributed by atoms with Crippen molar-refractivity contribution in [1.82, 2.24) is 9.78 Å². The molecule has 2 rings (SSSR count). The standard InChI is InChI=1S/C14H17FN2O/c1-2-3-4-7-17-10-11(9-16-17)13-6-5-12(15)8-14(13)18/h5-6,8-10,18H,2-4,7H2,1H3. The van der Waals surface area contributed by atoms with Gasteiger partial charge < -0.3 is 5.11 Å². The molecule has 3 nitrogen and oxygen atoms in total. The van der Waals surface area contributed by atoms with Crippen molar-refractivity contribution < 1.29 is 9.50 Å². The summed E-state index contributed by atoms with van der Waals surface area (Å²) in [6.07, 6.45) is 7.01. The Labute approximate surface area is 106 Å². The number of nitrogens with zero attached hydrogens (tertiary/aromatic N) is 2. The monoisotopic (exact) mass is 248 g/mol. The molecule has 0 fully saturated rings. The largest absolute Gasteiger partial charge is 0.507 e. The minimum absolute atomic E-state index is 0.0527. The van der Waals surface area contributed by atoms with Gasteiger partial charge in [-0.05, 0) is 18.6 Å². The predicted molar refractivity (Wildman–Crippen MR) is 68.8 cm³/mol. The zero-order valence-corrected chi connectivity index (χ0v) is 10.4. The van der Waals surface area contributed by atoms with Crippen molar-refractivity contribution in [3.63, 3.8) is 0 Å². The Hall–Kier alpha value is -1.84. The lowest BCUT2D eigenvalue weighted by atomic mass is 10.1. The van der Waals surface area contributed by atoms with E-state index >= 15 is 0 Å². The molecule has 0 radical (unpaired) electrons. The van der Waals surface area contributed by atoms with Gasteiger partial charge in [0.25, 0.3) is 0 Å². The van der Waals surface area contributed by atoms with Gasteiger partial charge in [-0.15, -0.1) is 0 Å². The Kier molecular flexibility index (Phi) is 3.97. The molecule has 0 amide bonds. The Bertz CT molecular complexity index is 522. The summed E-state index contributed by atoms with van der Waals surface area (Å²) < 4.78 is 14.7. The van der Waals surface area contributed by atoms with E-state index in [0.717, 1.165) is 24.6 Å². The van der Waals surface area contributed by atoms with Gasteiger partial charge in [-0.3, -0.25) is 4.68 Å². The third-order valence-electron chi connectivity index (χ3n) is 2.89. The van der Waals surface area contributed by atoms with Crippen LogP contribution in [0, 0.1) is 5.82 Å². The smallest absolute Gasteiger partial charge is 0.126 e. The van der Waals surface area contributed by atoms with Gasteiger partial charge in [0.2, 0.25) is 0 Å². The second-order valence-corrected chi connectivity index (χ2v) is 4.36. The number of aryl methyl sites for hydroxylation is 1. The van der Waals surface area contributed by atoms with Crippen LogP contribution in [-0.4, -0.2) is 14.9 Å². The van der Waals surface area contributed by atoms with Crippen molar-refractivity contribution in [2.45, 2.75) is 32.7 Å². The topological polar surface area (TPSA) is 38.0 Å². The summed E-state index contributed by atoms with van der Waals surface area (Å²) in [6, 6.07) is 4.02. The number of benzene rings is 1. The number of phenols is 1. The molecule has 0 aliphatic carbocycles. The van der Waals surface area contributed by atoms with Gasteiger partial charge in [-0.25, -0.2) is 4.39 Å². The number of rotatable bonds is 5. The molecular formula is C14H17FN2O. The molecule has 1 heterocycles. The lowest BCUT2D eigenvalue weighted by Gasteiger charge is -2.01. The lowest BCUT2D eigenvalue weighted by Crippen LogP contribution is -1.97. The molecule has 1 N–H and O–H groups in total. The van der Waals surface area contributed by atoms with E-state index in [1.807, 2.05) is 10.9 Å². The summed E-state index contributed by atoms with van der Waals surface area (Å²) in [6.45, 7) is 3.03. The highest BCUT2D eigenvalue weighted by molar-refractivity contribution is 5.68. The third-order valence-corrected chi connectivity index (χ3v) is 2.89. The molecule has 0 atom stereocenters.